The van der Waals surface area contributed by atoms with Crippen LogP contribution in [-0.2, 0) is 5.41 Å². The molecule has 0 fully saturated rings. The molecule has 0 saturated heterocycles. The van der Waals surface area contributed by atoms with Gasteiger partial charge in [-0.1, -0.05) is 98.8 Å². The van der Waals surface area contributed by atoms with Crippen molar-refractivity contribution in [2.75, 3.05) is 0 Å². The van der Waals surface area contributed by atoms with Crippen molar-refractivity contribution in [3.63, 3.8) is 0 Å². The summed E-state index contributed by atoms with van der Waals surface area (Å²) < 4.78 is 0. The summed E-state index contributed by atoms with van der Waals surface area (Å²) in [5.41, 5.74) is 6.07. The average Bonchev–Trinajstić information content (AvgIpc) is 2.97. The molecular weight excluding hydrogens is 288 g/mol. The Morgan fingerprint density at radius 2 is 1.38 bits per heavy atom. The normalized spacial score (nSPS) is 23.7. The molecule has 0 unspecified atom stereocenters. The summed E-state index contributed by atoms with van der Waals surface area (Å²) in [6.45, 7) is 4.84. The van der Waals surface area contributed by atoms with Crippen LogP contribution in [0.1, 0.15) is 54.4 Å². The number of hydrogen-bond donors (Lipinski definition) is 0. The number of hydrogen-bond acceptors (Lipinski definition) is 0. The van der Waals surface area contributed by atoms with Gasteiger partial charge in [-0.25, -0.2) is 0 Å². The standard InChI is InChI=1S/C24H24/c1-18(19-11-5-3-6-12-19)24(2)17-22(20-13-7-4-8-14-20)21-15-9-10-16-23(21)24/h3-16,18,22H,17H2,1-2H3/t18-,22+,24+/m0/s1. The number of rotatable bonds is 3. The van der Waals surface area contributed by atoms with Gasteiger partial charge < -0.3 is 0 Å². The highest BCUT2D eigenvalue weighted by Gasteiger charge is 2.44. The number of benzene rings is 3. The van der Waals surface area contributed by atoms with E-state index in [0.29, 0.717) is 11.8 Å². The van der Waals surface area contributed by atoms with Gasteiger partial charge in [-0.15, -0.1) is 0 Å². The molecule has 0 aromatic heterocycles. The summed E-state index contributed by atoms with van der Waals surface area (Å²) in [4.78, 5) is 0. The lowest BCUT2D eigenvalue weighted by Crippen LogP contribution is -2.26. The summed E-state index contributed by atoms with van der Waals surface area (Å²) in [5, 5.41) is 0. The first-order chi connectivity index (χ1) is 11.7. The molecule has 0 radical (unpaired) electrons. The van der Waals surface area contributed by atoms with Gasteiger partial charge in [0.1, 0.15) is 0 Å². The topological polar surface area (TPSA) is 0 Å². The van der Waals surface area contributed by atoms with Gasteiger partial charge in [0, 0.05) is 11.3 Å². The first-order valence-corrected chi connectivity index (χ1v) is 8.89. The van der Waals surface area contributed by atoms with Crippen LogP contribution in [0.3, 0.4) is 0 Å². The summed E-state index contributed by atoms with van der Waals surface area (Å²) in [5.74, 6) is 0.993. The maximum absolute atomic E-state index is 2.45. The van der Waals surface area contributed by atoms with Crippen LogP contribution in [0.5, 0.6) is 0 Å². The predicted octanol–water partition coefficient (Wildman–Crippen LogP) is 6.28. The molecule has 1 aliphatic carbocycles. The molecule has 1 aliphatic rings. The Labute approximate surface area is 145 Å². The molecule has 0 heterocycles. The second-order valence-corrected chi connectivity index (χ2v) is 7.30. The Kier molecular flexibility index (Phi) is 3.76. The van der Waals surface area contributed by atoms with E-state index in [9.17, 15) is 0 Å². The molecule has 0 amide bonds. The summed E-state index contributed by atoms with van der Waals surface area (Å²) in [6.07, 6.45) is 1.17. The second kappa shape index (κ2) is 5.94. The molecule has 0 spiro atoms. The van der Waals surface area contributed by atoms with Crippen LogP contribution in [-0.4, -0.2) is 0 Å². The lowest BCUT2D eigenvalue weighted by Gasteiger charge is -2.33. The van der Waals surface area contributed by atoms with E-state index in [-0.39, 0.29) is 5.41 Å². The Morgan fingerprint density at radius 1 is 0.792 bits per heavy atom. The largest absolute Gasteiger partial charge is 0.0622 e. The molecular formula is C24H24. The monoisotopic (exact) mass is 312 g/mol. The molecule has 0 nitrogen and oxygen atoms in total. The van der Waals surface area contributed by atoms with Crippen LogP contribution < -0.4 is 0 Å². The van der Waals surface area contributed by atoms with E-state index in [0.717, 1.165) is 0 Å². The predicted molar refractivity (Wildman–Crippen MR) is 102 cm³/mol. The van der Waals surface area contributed by atoms with Gasteiger partial charge in [-0.3, -0.25) is 0 Å². The molecule has 0 heteroatoms. The van der Waals surface area contributed by atoms with Crippen LogP contribution in [0, 0.1) is 0 Å². The van der Waals surface area contributed by atoms with E-state index in [4.69, 9.17) is 0 Å². The van der Waals surface area contributed by atoms with Crippen molar-refractivity contribution in [2.24, 2.45) is 0 Å². The molecule has 3 aromatic rings. The minimum atomic E-state index is 0.165. The maximum atomic E-state index is 2.45. The SMILES string of the molecule is C[C@@H](c1ccccc1)[C@@]1(C)C[C@H](c2ccccc2)c2ccccc21. The van der Waals surface area contributed by atoms with Gasteiger partial charge >= 0.3 is 0 Å². The molecule has 24 heavy (non-hydrogen) atoms. The van der Waals surface area contributed by atoms with Crippen molar-refractivity contribution in [1.29, 1.82) is 0 Å². The maximum Gasteiger partial charge on any atom is 0.0101 e. The molecule has 3 aromatic carbocycles. The Balaban J connectivity index is 1.81. The Hall–Kier alpha value is -2.34. The van der Waals surface area contributed by atoms with Gasteiger partial charge in [0.2, 0.25) is 0 Å². The highest BCUT2D eigenvalue weighted by Crippen LogP contribution is 2.54. The third-order valence-electron chi connectivity index (χ3n) is 6.04. The smallest absolute Gasteiger partial charge is 0.0101 e. The van der Waals surface area contributed by atoms with E-state index in [1.807, 2.05) is 0 Å². The molecule has 0 saturated carbocycles. The van der Waals surface area contributed by atoms with Crippen molar-refractivity contribution in [1.82, 2.24) is 0 Å². The molecule has 0 N–H and O–H groups in total. The first kappa shape index (κ1) is 15.2. The van der Waals surface area contributed by atoms with E-state index in [1.165, 1.54) is 28.7 Å². The van der Waals surface area contributed by atoms with E-state index in [1.54, 1.807) is 0 Å². The van der Waals surface area contributed by atoms with E-state index < -0.39 is 0 Å². The minimum Gasteiger partial charge on any atom is -0.0622 e. The zero-order valence-corrected chi connectivity index (χ0v) is 14.4. The zero-order chi connectivity index (χ0) is 16.6. The van der Waals surface area contributed by atoms with Crippen LogP contribution in [0.4, 0.5) is 0 Å². The zero-order valence-electron chi connectivity index (χ0n) is 14.4. The minimum absolute atomic E-state index is 0.165. The van der Waals surface area contributed by atoms with Crippen molar-refractivity contribution in [2.45, 2.75) is 37.5 Å². The summed E-state index contributed by atoms with van der Waals surface area (Å²) >= 11 is 0. The molecule has 3 atom stereocenters. The second-order valence-electron chi connectivity index (χ2n) is 7.30. The van der Waals surface area contributed by atoms with Crippen molar-refractivity contribution in [3.8, 4) is 0 Å². The van der Waals surface area contributed by atoms with Crippen molar-refractivity contribution < 1.29 is 0 Å². The summed E-state index contributed by atoms with van der Waals surface area (Å²) in [7, 11) is 0. The van der Waals surface area contributed by atoms with E-state index in [2.05, 4.69) is 98.8 Å². The van der Waals surface area contributed by atoms with Gasteiger partial charge in [-0.05, 0) is 34.6 Å². The third-order valence-corrected chi connectivity index (χ3v) is 6.04. The fourth-order valence-corrected chi connectivity index (χ4v) is 4.47. The fraction of sp³-hybridized carbons (Fsp3) is 0.250. The van der Waals surface area contributed by atoms with Crippen molar-refractivity contribution in [3.05, 3.63) is 107 Å². The van der Waals surface area contributed by atoms with Gasteiger partial charge in [0.05, 0.1) is 0 Å². The summed E-state index contributed by atoms with van der Waals surface area (Å²) in [6, 6.07) is 31.0. The lowest BCUT2D eigenvalue weighted by molar-refractivity contribution is 0.382. The van der Waals surface area contributed by atoms with Crippen LogP contribution in [0.25, 0.3) is 0 Å². The average molecular weight is 312 g/mol. The van der Waals surface area contributed by atoms with Crippen molar-refractivity contribution >= 4 is 0 Å². The number of fused-ring (bicyclic) bond motifs is 1. The van der Waals surface area contributed by atoms with Gasteiger partial charge in [0.25, 0.3) is 0 Å². The van der Waals surface area contributed by atoms with Gasteiger partial charge in [0.15, 0.2) is 0 Å². The van der Waals surface area contributed by atoms with Crippen LogP contribution >= 0.6 is 0 Å². The molecule has 120 valence electrons. The van der Waals surface area contributed by atoms with E-state index >= 15 is 0 Å². The fourth-order valence-electron chi connectivity index (χ4n) is 4.47. The Morgan fingerprint density at radius 3 is 2.08 bits per heavy atom. The first-order valence-electron chi connectivity index (χ1n) is 8.89. The lowest BCUT2D eigenvalue weighted by atomic mass is 9.70. The highest BCUT2D eigenvalue weighted by molar-refractivity contribution is 5.49. The van der Waals surface area contributed by atoms with Crippen LogP contribution in [0.2, 0.25) is 0 Å². The Bertz CT molecular complexity index is 819. The van der Waals surface area contributed by atoms with Crippen LogP contribution in [0.15, 0.2) is 84.9 Å². The quantitative estimate of drug-likeness (QED) is 0.533. The highest BCUT2D eigenvalue weighted by atomic mass is 14.5. The van der Waals surface area contributed by atoms with Gasteiger partial charge in [-0.2, -0.15) is 0 Å². The third kappa shape index (κ3) is 2.38. The molecule has 0 bridgehead atoms. The molecule has 0 aliphatic heterocycles. The molecule has 4 rings (SSSR count).